The molecule has 0 amide bonds. The Bertz CT molecular complexity index is 475. The van der Waals surface area contributed by atoms with Gasteiger partial charge in [0.05, 0.1) is 5.60 Å². The van der Waals surface area contributed by atoms with Gasteiger partial charge in [0.15, 0.2) is 6.29 Å². The highest BCUT2D eigenvalue weighted by Gasteiger charge is 2.25. The maximum Gasteiger partial charge on any atom is 0.177 e. The van der Waals surface area contributed by atoms with Gasteiger partial charge in [0, 0.05) is 6.42 Å². The summed E-state index contributed by atoms with van der Waals surface area (Å²) in [5, 5.41) is 9.76. The van der Waals surface area contributed by atoms with E-state index in [1.54, 1.807) is 13.8 Å². The number of benzene rings is 1. The molecule has 0 fully saturated rings. The standard InChI is InChI=1S/C16H22O3/c1-11(2)15(18)19-16(4,5)14-8-6-7-13(10-14)9-12(3)17/h6-8,10,15,18H,1,9H2,2-5H3. The Morgan fingerprint density at radius 2 is 2.05 bits per heavy atom. The third-order valence-corrected chi connectivity index (χ3v) is 2.90. The molecule has 0 bridgehead atoms. The van der Waals surface area contributed by atoms with Crippen LogP contribution in [-0.2, 0) is 21.6 Å². The van der Waals surface area contributed by atoms with E-state index in [0.29, 0.717) is 12.0 Å². The molecule has 1 rings (SSSR count). The van der Waals surface area contributed by atoms with Gasteiger partial charge in [-0.25, -0.2) is 0 Å². The summed E-state index contributed by atoms with van der Waals surface area (Å²) in [5.74, 6) is 0.123. The molecule has 0 aliphatic carbocycles. The van der Waals surface area contributed by atoms with Crippen LogP contribution in [0.25, 0.3) is 0 Å². The van der Waals surface area contributed by atoms with Crippen molar-refractivity contribution in [2.45, 2.75) is 46.0 Å². The molecule has 0 aliphatic heterocycles. The van der Waals surface area contributed by atoms with Crippen LogP contribution in [-0.4, -0.2) is 17.2 Å². The van der Waals surface area contributed by atoms with Crippen molar-refractivity contribution in [1.29, 1.82) is 0 Å². The van der Waals surface area contributed by atoms with E-state index < -0.39 is 11.9 Å². The van der Waals surface area contributed by atoms with Crippen molar-refractivity contribution in [3.05, 3.63) is 47.5 Å². The van der Waals surface area contributed by atoms with Gasteiger partial charge in [-0.05, 0) is 44.4 Å². The second-order valence-corrected chi connectivity index (χ2v) is 5.41. The number of hydrogen-bond donors (Lipinski definition) is 1. The quantitative estimate of drug-likeness (QED) is 0.633. The van der Waals surface area contributed by atoms with Crippen LogP contribution in [0.5, 0.6) is 0 Å². The Hall–Kier alpha value is -1.45. The van der Waals surface area contributed by atoms with E-state index in [4.69, 9.17) is 4.74 Å². The van der Waals surface area contributed by atoms with E-state index >= 15 is 0 Å². The number of Topliss-reactive ketones (excluding diaryl/α,β-unsaturated/α-hetero) is 1. The molecular weight excluding hydrogens is 240 g/mol. The second kappa shape index (κ2) is 6.13. The Morgan fingerprint density at radius 1 is 1.42 bits per heavy atom. The molecule has 3 heteroatoms. The van der Waals surface area contributed by atoms with Gasteiger partial charge in [-0.3, -0.25) is 4.79 Å². The van der Waals surface area contributed by atoms with E-state index in [2.05, 4.69) is 6.58 Å². The molecule has 0 heterocycles. The predicted octanol–water partition coefficient (Wildman–Crippen LogP) is 2.96. The van der Waals surface area contributed by atoms with Gasteiger partial charge in [-0.2, -0.15) is 0 Å². The molecule has 1 aromatic carbocycles. The first-order chi connectivity index (χ1) is 8.72. The molecule has 0 saturated heterocycles. The minimum Gasteiger partial charge on any atom is -0.364 e. The van der Waals surface area contributed by atoms with E-state index in [-0.39, 0.29) is 5.78 Å². The SMILES string of the molecule is C=C(C)C(O)OC(C)(C)c1cccc(CC(C)=O)c1. The zero-order valence-corrected chi connectivity index (χ0v) is 12.1. The molecule has 0 radical (unpaired) electrons. The molecule has 1 atom stereocenters. The predicted molar refractivity (Wildman–Crippen MR) is 75.8 cm³/mol. The summed E-state index contributed by atoms with van der Waals surface area (Å²) >= 11 is 0. The minimum atomic E-state index is -0.994. The van der Waals surface area contributed by atoms with E-state index in [1.807, 2.05) is 38.1 Å². The number of aliphatic hydroxyl groups is 1. The smallest absolute Gasteiger partial charge is 0.177 e. The van der Waals surface area contributed by atoms with Gasteiger partial charge in [-0.15, -0.1) is 0 Å². The van der Waals surface area contributed by atoms with Crippen LogP contribution in [0.4, 0.5) is 0 Å². The van der Waals surface area contributed by atoms with Crippen LogP contribution < -0.4 is 0 Å². The lowest BCUT2D eigenvalue weighted by Crippen LogP contribution is -2.29. The average molecular weight is 262 g/mol. The summed E-state index contributed by atoms with van der Waals surface area (Å²) in [6, 6.07) is 7.67. The number of rotatable bonds is 6. The monoisotopic (exact) mass is 262 g/mol. The molecular formula is C16H22O3. The number of carbonyl (C=O) groups excluding carboxylic acids is 1. The van der Waals surface area contributed by atoms with Gasteiger partial charge in [0.2, 0.25) is 0 Å². The maximum atomic E-state index is 11.2. The third kappa shape index (κ3) is 4.62. The Kier molecular flexibility index (Phi) is 5.04. The number of aliphatic hydroxyl groups excluding tert-OH is 1. The molecule has 0 aliphatic rings. The number of carbonyl (C=O) groups is 1. The highest BCUT2D eigenvalue weighted by Crippen LogP contribution is 2.27. The zero-order chi connectivity index (χ0) is 14.6. The van der Waals surface area contributed by atoms with E-state index in [9.17, 15) is 9.90 Å². The minimum absolute atomic E-state index is 0.123. The van der Waals surface area contributed by atoms with Crippen molar-refractivity contribution in [3.63, 3.8) is 0 Å². The van der Waals surface area contributed by atoms with E-state index in [0.717, 1.165) is 11.1 Å². The van der Waals surface area contributed by atoms with Crippen LogP contribution in [0.2, 0.25) is 0 Å². The highest BCUT2D eigenvalue weighted by molar-refractivity contribution is 5.78. The fourth-order valence-corrected chi connectivity index (χ4v) is 1.79. The second-order valence-electron chi connectivity index (χ2n) is 5.41. The summed E-state index contributed by atoms with van der Waals surface area (Å²) in [4.78, 5) is 11.2. The van der Waals surface area contributed by atoms with Gasteiger partial charge in [0.1, 0.15) is 5.78 Å². The largest absolute Gasteiger partial charge is 0.364 e. The number of ether oxygens (including phenoxy) is 1. The lowest BCUT2D eigenvalue weighted by atomic mass is 9.95. The van der Waals surface area contributed by atoms with Gasteiger partial charge in [0.25, 0.3) is 0 Å². The lowest BCUT2D eigenvalue weighted by Gasteiger charge is -2.29. The van der Waals surface area contributed by atoms with Gasteiger partial charge in [-0.1, -0.05) is 30.8 Å². The van der Waals surface area contributed by atoms with Crippen molar-refractivity contribution in [2.24, 2.45) is 0 Å². The summed E-state index contributed by atoms with van der Waals surface area (Å²) in [6.07, 6.45) is -0.584. The van der Waals surface area contributed by atoms with Crippen molar-refractivity contribution in [1.82, 2.24) is 0 Å². The van der Waals surface area contributed by atoms with Crippen LogP contribution in [0.1, 0.15) is 38.8 Å². The van der Waals surface area contributed by atoms with Crippen molar-refractivity contribution in [2.75, 3.05) is 0 Å². The first kappa shape index (κ1) is 15.6. The van der Waals surface area contributed by atoms with Crippen LogP contribution >= 0.6 is 0 Å². The van der Waals surface area contributed by atoms with Crippen molar-refractivity contribution in [3.8, 4) is 0 Å². The molecule has 0 saturated carbocycles. The number of hydrogen-bond acceptors (Lipinski definition) is 3. The van der Waals surface area contributed by atoms with Gasteiger partial charge < -0.3 is 9.84 Å². The molecule has 0 aromatic heterocycles. The summed E-state index contributed by atoms with van der Waals surface area (Å²) < 4.78 is 5.62. The van der Waals surface area contributed by atoms with Crippen LogP contribution in [0, 0.1) is 0 Å². The molecule has 1 N–H and O–H groups in total. The summed E-state index contributed by atoms with van der Waals surface area (Å²) in [5.41, 5.74) is 1.79. The van der Waals surface area contributed by atoms with E-state index in [1.165, 1.54) is 0 Å². The number of ketones is 1. The molecule has 19 heavy (non-hydrogen) atoms. The van der Waals surface area contributed by atoms with Crippen LogP contribution in [0.3, 0.4) is 0 Å². The maximum absolute atomic E-state index is 11.2. The van der Waals surface area contributed by atoms with Crippen molar-refractivity contribution >= 4 is 5.78 Å². The fraction of sp³-hybridized carbons (Fsp3) is 0.438. The van der Waals surface area contributed by atoms with Gasteiger partial charge >= 0.3 is 0 Å². The third-order valence-electron chi connectivity index (χ3n) is 2.90. The molecule has 3 nitrogen and oxygen atoms in total. The lowest BCUT2D eigenvalue weighted by molar-refractivity contribution is -0.156. The Balaban J connectivity index is 2.94. The Morgan fingerprint density at radius 3 is 2.58 bits per heavy atom. The normalized spacial score (nSPS) is 13.1. The summed E-state index contributed by atoms with van der Waals surface area (Å²) in [7, 11) is 0. The molecule has 104 valence electrons. The first-order valence-electron chi connectivity index (χ1n) is 6.32. The van der Waals surface area contributed by atoms with Crippen LogP contribution in [0.15, 0.2) is 36.4 Å². The first-order valence-corrected chi connectivity index (χ1v) is 6.32. The average Bonchev–Trinajstić information content (AvgIpc) is 2.27. The molecule has 1 aromatic rings. The van der Waals surface area contributed by atoms with Crippen molar-refractivity contribution < 1.29 is 14.6 Å². The zero-order valence-electron chi connectivity index (χ0n) is 12.1. The molecule has 1 unspecified atom stereocenters. The Labute approximate surface area is 114 Å². The topological polar surface area (TPSA) is 46.5 Å². The highest BCUT2D eigenvalue weighted by atomic mass is 16.6. The fourth-order valence-electron chi connectivity index (χ4n) is 1.79. The summed E-state index contributed by atoms with van der Waals surface area (Å²) in [6.45, 7) is 10.7. The molecule has 0 spiro atoms.